The summed E-state index contributed by atoms with van der Waals surface area (Å²) in [5, 5.41) is 4.10. The van der Waals surface area contributed by atoms with Gasteiger partial charge in [-0.05, 0) is 32.6 Å². The van der Waals surface area contributed by atoms with Gasteiger partial charge in [0, 0.05) is 19.1 Å². The van der Waals surface area contributed by atoms with Crippen LogP contribution in [-0.2, 0) is 0 Å². The Kier molecular flexibility index (Phi) is 4.29. The molecule has 1 fully saturated rings. The van der Waals surface area contributed by atoms with Crippen LogP contribution in [0.5, 0.6) is 0 Å². The predicted molar refractivity (Wildman–Crippen MR) is 79.6 cm³/mol. The van der Waals surface area contributed by atoms with Gasteiger partial charge in [-0.15, -0.1) is 0 Å². The predicted octanol–water partition coefficient (Wildman–Crippen LogP) is 2.56. The van der Waals surface area contributed by atoms with Gasteiger partial charge in [0.2, 0.25) is 0 Å². The Morgan fingerprint density at radius 2 is 2.32 bits per heavy atom. The second-order valence-electron chi connectivity index (χ2n) is 5.18. The number of rotatable bonds is 5. The van der Waals surface area contributed by atoms with Crippen LogP contribution < -0.4 is 11.1 Å². The standard InChI is InChI=1S/C13H22N4OS/c1-4-8(2)17(3)12(18)10-11(14)16-13(19-10)15-9-6-5-7-9/h8-9H,4-7,14H2,1-3H3,(H,15,16). The van der Waals surface area contributed by atoms with Gasteiger partial charge >= 0.3 is 0 Å². The lowest BCUT2D eigenvalue weighted by atomic mass is 9.93. The molecule has 1 aromatic heterocycles. The minimum Gasteiger partial charge on any atom is -0.382 e. The average molecular weight is 282 g/mol. The van der Waals surface area contributed by atoms with Crippen LogP contribution in [0.2, 0.25) is 0 Å². The molecule has 0 spiro atoms. The molecule has 1 aliphatic rings. The van der Waals surface area contributed by atoms with Gasteiger partial charge in [-0.25, -0.2) is 4.98 Å². The van der Waals surface area contributed by atoms with E-state index in [-0.39, 0.29) is 11.9 Å². The van der Waals surface area contributed by atoms with Crippen LogP contribution in [0.4, 0.5) is 10.9 Å². The number of carbonyl (C=O) groups is 1. The highest BCUT2D eigenvalue weighted by molar-refractivity contribution is 7.18. The number of nitrogen functional groups attached to an aromatic ring is 1. The van der Waals surface area contributed by atoms with Crippen molar-refractivity contribution in [3.8, 4) is 0 Å². The molecule has 2 rings (SSSR count). The van der Waals surface area contributed by atoms with E-state index in [2.05, 4.69) is 17.2 Å². The number of carbonyl (C=O) groups excluding carboxylic acids is 1. The van der Waals surface area contributed by atoms with E-state index >= 15 is 0 Å². The Balaban J connectivity index is 2.08. The maximum absolute atomic E-state index is 12.3. The lowest BCUT2D eigenvalue weighted by Gasteiger charge is -2.25. The van der Waals surface area contributed by atoms with Crippen LogP contribution >= 0.6 is 11.3 Å². The van der Waals surface area contributed by atoms with E-state index in [1.807, 2.05) is 14.0 Å². The molecule has 0 bridgehead atoms. The summed E-state index contributed by atoms with van der Waals surface area (Å²) in [6, 6.07) is 0.706. The van der Waals surface area contributed by atoms with Gasteiger partial charge in [0.15, 0.2) is 5.13 Å². The molecule has 1 unspecified atom stereocenters. The molecule has 0 aliphatic heterocycles. The number of nitrogens with two attached hydrogens (primary N) is 1. The van der Waals surface area contributed by atoms with Crippen molar-refractivity contribution in [1.29, 1.82) is 0 Å². The second-order valence-corrected chi connectivity index (χ2v) is 6.18. The van der Waals surface area contributed by atoms with Crippen LogP contribution in [-0.4, -0.2) is 34.9 Å². The van der Waals surface area contributed by atoms with Crippen molar-refractivity contribution in [2.24, 2.45) is 0 Å². The third-order valence-corrected chi connectivity index (χ3v) is 4.84. The molecule has 1 aliphatic carbocycles. The Bertz CT molecular complexity index is 455. The van der Waals surface area contributed by atoms with Crippen molar-refractivity contribution < 1.29 is 4.79 Å². The van der Waals surface area contributed by atoms with Gasteiger partial charge in [-0.1, -0.05) is 18.3 Å². The number of aromatic nitrogens is 1. The molecule has 1 atom stereocenters. The highest BCUT2D eigenvalue weighted by Gasteiger charge is 2.24. The van der Waals surface area contributed by atoms with E-state index in [4.69, 9.17) is 5.73 Å². The number of nitrogens with zero attached hydrogens (tertiary/aromatic N) is 2. The topological polar surface area (TPSA) is 71.2 Å². The first kappa shape index (κ1) is 14.1. The molecule has 3 N–H and O–H groups in total. The van der Waals surface area contributed by atoms with E-state index in [9.17, 15) is 4.79 Å². The first-order valence-electron chi connectivity index (χ1n) is 6.83. The molecule has 6 heteroatoms. The molecular weight excluding hydrogens is 260 g/mol. The fourth-order valence-electron chi connectivity index (χ4n) is 1.91. The molecule has 0 radical (unpaired) electrons. The van der Waals surface area contributed by atoms with Gasteiger partial charge in [-0.2, -0.15) is 0 Å². The number of anilines is 2. The molecule has 1 aromatic rings. The van der Waals surface area contributed by atoms with Gasteiger partial charge < -0.3 is 16.0 Å². The number of thiazole rings is 1. The van der Waals surface area contributed by atoms with Crippen molar-refractivity contribution in [3.05, 3.63) is 4.88 Å². The summed E-state index contributed by atoms with van der Waals surface area (Å²) >= 11 is 1.36. The summed E-state index contributed by atoms with van der Waals surface area (Å²) in [6.45, 7) is 4.09. The average Bonchev–Trinajstić information content (AvgIpc) is 2.72. The van der Waals surface area contributed by atoms with Crippen LogP contribution in [0, 0.1) is 0 Å². The Morgan fingerprint density at radius 1 is 1.63 bits per heavy atom. The second kappa shape index (κ2) is 5.77. The summed E-state index contributed by atoms with van der Waals surface area (Å²) in [5.41, 5.74) is 5.87. The summed E-state index contributed by atoms with van der Waals surface area (Å²) < 4.78 is 0. The van der Waals surface area contributed by atoms with Crippen LogP contribution in [0.25, 0.3) is 0 Å². The number of nitrogens with one attached hydrogen (secondary N) is 1. The van der Waals surface area contributed by atoms with Crippen molar-refractivity contribution in [2.45, 2.75) is 51.6 Å². The zero-order valence-corrected chi connectivity index (χ0v) is 12.6. The molecule has 19 heavy (non-hydrogen) atoms. The molecule has 106 valence electrons. The summed E-state index contributed by atoms with van der Waals surface area (Å²) in [4.78, 5) is 18.9. The smallest absolute Gasteiger partial charge is 0.267 e. The van der Waals surface area contributed by atoms with Gasteiger partial charge in [0.25, 0.3) is 5.91 Å². The maximum atomic E-state index is 12.3. The van der Waals surface area contributed by atoms with Gasteiger partial charge in [0.1, 0.15) is 10.7 Å². The summed E-state index contributed by atoms with van der Waals surface area (Å²) in [7, 11) is 1.81. The molecular formula is C13H22N4OS. The highest BCUT2D eigenvalue weighted by Crippen LogP contribution is 2.30. The first-order chi connectivity index (χ1) is 9.02. The van der Waals surface area contributed by atoms with Gasteiger partial charge in [0.05, 0.1) is 0 Å². The molecule has 1 amide bonds. The third kappa shape index (κ3) is 3.00. The fraction of sp³-hybridized carbons (Fsp3) is 0.692. The van der Waals surface area contributed by atoms with Crippen LogP contribution in [0.3, 0.4) is 0 Å². The molecule has 0 aromatic carbocycles. The number of hydrogen-bond donors (Lipinski definition) is 2. The van der Waals surface area contributed by atoms with Crippen molar-refractivity contribution >= 4 is 28.2 Å². The largest absolute Gasteiger partial charge is 0.382 e. The maximum Gasteiger partial charge on any atom is 0.267 e. The highest BCUT2D eigenvalue weighted by atomic mass is 32.1. The molecule has 1 heterocycles. The van der Waals surface area contributed by atoms with E-state index in [0.717, 1.165) is 11.6 Å². The van der Waals surface area contributed by atoms with E-state index in [1.165, 1.54) is 30.6 Å². The van der Waals surface area contributed by atoms with Crippen LogP contribution in [0.1, 0.15) is 49.2 Å². The van der Waals surface area contributed by atoms with Crippen molar-refractivity contribution in [2.75, 3.05) is 18.1 Å². The molecule has 0 saturated heterocycles. The Morgan fingerprint density at radius 3 is 2.84 bits per heavy atom. The lowest BCUT2D eigenvalue weighted by molar-refractivity contribution is 0.0746. The summed E-state index contributed by atoms with van der Waals surface area (Å²) in [5.74, 6) is 0.304. The van der Waals surface area contributed by atoms with E-state index in [0.29, 0.717) is 16.7 Å². The quantitative estimate of drug-likeness (QED) is 0.870. The number of hydrogen-bond acceptors (Lipinski definition) is 5. The molecule has 5 nitrogen and oxygen atoms in total. The lowest BCUT2D eigenvalue weighted by Crippen LogP contribution is -2.34. The zero-order chi connectivity index (χ0) is 14.0. The fourth-order valence-corrected chi connectivity index (χ4v) is 2.85. The van der Waals surface area contributed by atoms with Crippen LogP contribution in [0.15, 0.2) is 0 Å². The normalized spacial score (nSPS) is 16.8. The van der Waals surface area contributed by atoms with E-state index < -0.39 is 0 Å². The Labute approximate surface area is 118 Å². The third-order valence-electron chi connectivity index (χ3n) is 3.85. The zero-order valence-electron chi connectivity index (χ0n) is 11.8. The minimum absolute atomic E-state index is 0.0361. The van der Waals surface area contributed by atoms with E-state index in [1.54, 1.807) is 4.90 Å². The van der Waals surface area contributed by atoms with Crippen molar-refractivity contribution in [1.82, 2.24) is 9.88 Å². The molecule has 1 saturated carbocycles. The number of amides is 1. The Hall–Kier alpha value is -1.30. The first-order valence-corrected chi connectivity index (χ1v) is 7.64. The SMILES string of the molecule is CCC(C)N(C)C(=O)c1sc(NC2CCC2)nc1N. The monoisotopic (exact) mass is 282 g/mol. The minimum atomic E-state index is -0.0361. The summed E-state index contributed by atoms with van der Waals surface area (Å²) in [6.07, 6.45) is 4.54. The van der Waals surface area contributed by atoms with Gasteiger partial charge in [-0.3, -0.25) is 4.79 Å². The van der Waals surface area contributed by atoms with Crippen molar-refractivity contribution in [3.63, 3.8) is 0 Å².